The van der Waals surface area contributed by atoms with Crippen LogP contribution in [0.3, 0.4) is 0 Å². The van der Waals surface area contributed by atoms with Gasteiger partial charge in [-0.1, -0.05) is 17.7 Å². The molecule has 1 aromatic rings. The minimum atomic E-state index is -4.42. The van der Waals surface area contributed by atoms with Gasteiger partial charge >= 0.3 is 6.18 Å². The fourth-order valence-corrected chi connectivity index (χ4v) is 2.42. The monoisotopic (exact) mass is 296 g/mol. The average Bonchev–Trinajstić information content (AvgIpc) is 2.34. The van der Waals surface area contributed by atoms with Crippen LogP contribution in [0, 0.1) is 5.82 Å². The highest BCUT2D eigenvalue weighted by Crippen LogP contribution is 2.38. The van der Waals surface area contributed by atoms with Crippen LogP contribution in [0.5, 0.6) is 0 Å². The number of benzene rings is 1. The van der Waals surface area contributed by atoms with Crippen molar-refractivity contribution in [3.63, 3.8) is 0 Å². The molecule has 1 aliphatic heterocycles. The SMILES string of the molecule is Fc1ccc([C@H](N2CCNCC2)C(F)(F)F)cc1Cl. The number of hydrogen-bond acceptors (Lipinski definition) is 2. The first-order chi connectivity index (χ1) is 8.89. The summed E-state index contributed by atoms with van der Waals surface area (Å²) in [5.41, 5.74) is -0.0270. The third-order valence-electron chi connectivity index (χ3n) is 3.09. The van der Waals surface area contributed by atoms with E-state index in [4.69, 9.17) is 11.6 Å². The molecule has 7 heteroatoms. The molecule has 2 nitrogen and oxygen atoms in total. The Morgan fingerprint density at radius 2 is 1.84 bits per heavy atom. The zero-order valence-electron chi connectivity index (χ0n) is 9.97. The predicted octanol–water partition coefficient (Wildman–Crippen LogP) is 2.99. The smallest absolute Gasteiger partial charge is 0.314 e. The Labute approximate surface area is 113 Å². The van der Waals surface area contributed by atoms with Crippen molar-refractivity contribution < 1.29 is 17.6 Å². The van der Waals surface area contributed by atoms with Crippen LogP contribution in [0.15, 0.2) is 18.2 Å². The van der Waals surface area contributed by atoms with Gasteiger partial charge in [-0.15, -0.1) is 0 Å². The van der Waals surface area contributed by atoms with Crippen molar-refractivity contribution >= 4 is 11.6 Å². The molecule has 1 heterocycles. The Bertz CT molecular complexity index is 444. The first kappa shape index (κ1) is 14.6. The summed E-state index contributed by atoms with van der Waals surface area (Å²) >= 11 is 5.57. The summed E-state index contributed by atoms with van der Waals surface area (Å²) in [5, 5.41) is 2.71. The van der Waals surface area contributed by atoms with Crippen molar-refractivity contribution in [2.45, 2.75) is 12.2 Å². The fourth-order valence-electron chi connectivity index (χ4n) is 2.23. The van der Waals surface area contributed by atoms with Gasteiger partial charge < -0.3 is 5.32 Å². The summed E-state index contributed by atoms with van der Waals surface area (Å²) in [5.74, 6) is -0.716. The third-order valence-corrected chi connectivity index (χ3v) is 3.38. The van der Waals surface area contributed by atoms with Gasteiger partial charge in [0.1, 0.15) is 11.9 Å². The van der Waals surface area contributed by atoms with Crippen LogP contribution in [0.2, 0.25) is 5.02 Å². The van der Waals surface area contributed by atoms with Crippen LogP contribution in [0.25, 0.3) is 0 Å². The zero-order valence-corrected chi connectivity index (χ0v) is 10.7. The lowest BCUT2D eigenvalue weighted by Crippen LogP contribution is -2.49. The molecule has 1 saturated heterocycles. The number of piperazine rings is 1. The molecule has 1 fully saturated rings. The summed E-state index contributed by atoms with van der Waals surface area (Å²) < 4.78 is 52.7. The Morgan fingerprint density at radius 1 is 1.21 bits per heavy atom. The van der Waals surface area contributed by atoms with E-state index in [0.717, 1.165) is 18.2 Å². The van der Waals surface area contributed by atoms with Gasteiger partial charge in [0, 0.05) is 26.2 Å². The Hall–Kier alpha value is -0.850. The maximum Gasteiger partial charge on any atom is 0.408 e. The van der Waals surface area contributed by atoms with E-state index in [9.17, 15) is 17.6 Å². The summed E-state index contributed by atoms with van der Waals surface area (Å²) in [7, 11) is 0. The second-order valence-corrected chi connectivity index (χ2v) is 4.81. The number of nitrogens with one attached hydrogen (secondary N) is 1. The first-order valence-electron chi connectivity index (χ1n) is 5.86. The van der Waals surface area contributed by atoms with Gasteiger partial charge in [-0.2, -0.15) is 13.2 Å². The van der Waals surface area contributed by atoms with Crippen LogP contribution in [0.1, 0.15) is 11.6 Å². The van der Waals surface area contributed by atoms with Gasteiger partial charge in [-0.05, 0) is 17.7 Å². The molecule has 0 aliphatic carbocycles. The predicted molar refractivity (Wildman–Crippen MR) is 64.6 cm³/mol. The largest absolute Gasteiger partial charge is 0.408 e. The van der Waals surface area contributed by atoms with Gasteiger partial charge in [-0.3, -0.25) is 4.90 Å². The van der Waals surface area contributed by atoms with Crippen LogP contribution >= 0.6 is 11.6 Å². The molecule has 0 amide bonds. The minimum Gasteiger partial charge on any atom is -0.314 e. The number of alkyl halides is 3. The van der Waals surface area contributed by atoms with Gasteiger partial charge in [-0.25, -0.2) is 4.39 Å². The summed E-state index contributed by atoms with van der Waals surface area (Å²) in [4.78, 5) is 1.33. The molecule has 2 rings (SSSR count). The molecule has 0 radical (unpaired) electrons. The molecule has 1 atom stereocenters. The van der Waals surface area contributed by atoms with Crippen LogP contribution in [0.4, 0.5) is 17.6 Å². The molecule has 0 aromatic heterocycles. The summed E-state index contributed by atoms with van der Waals surface area (Å²) in [6, 6.07) is 1.42. The lowest BCUT2D eigenvalue weighted by atomic mass is 10.0. The molecule has 0 spiro atoms. The van der Waals surface area contributed by atoms with Gasteiger partial charge in [0.15, 0.2) is 0 Å². The van der Waals surface area contributed by atoms with E-state index in [1.165, 1.54) is 4.90 Å². The molecule has 1 aliphatic rings. The average molecular weight is 297 g/mol. The second kappa shape index (κ2) is 5.64. The Kier molecular flexibility index (Phi) is 4.32. The lowest BCUT2D eigenvalue weighted by molar-refractivity contribution is -0.187. The molecule has 106 valence electrons. The number of rotatable bonds is 2. The van der Waals surface area contributed by atoms with E-state index >= 15 is 0 Å². The van der Waals surface area contributed by atoms with Crippen molar-refractivity contribution in [1.82, 2.24) is 10.2 Å². The zero-order chi connectivity index (χ0) is 14.0. The highest BCUT2D eigenvalue weighted by molar-refractivity contribution is 6.30. The number of nitrogens with zero attached hydrogens (tertiary/aromatic N) is 1. The van der Waals surface area contributed by atoms with Crippen molar-refractivity contribution in [1.29, 1.82) is 0 Å². The summed E-state index contributed by atoms with van der Waals surface area (Å²) in [6.45, 7) is 1.58. The van der Waals surface area contributed by atoms with Crippen molar-refractivity contribution in [3.8, 4) is 0 Å². The normalized spacial score (nSPS) is 19.4. The molecular weight excluding hydrogens is 284 g/mol. The Morgan fingerprint density at radius 3 is 2.37 bits per heavy atom. The molecule has 0 bridgehead atoms. The quantitative estimate of drug-likeness (QED) is 0.844. The van der Waals surface area contributed by atoms with Crippen LogP contribution in [-0.4, -0.2) is 37.3 Å². The van der Waals surface area contributed by atoms with Crippen molar-refractivity contribution in [2.75, 3.05) is 26.2 Å². The van der Waals surface area contributed by atoms with Crippen LogP contribution < -0.4 is 5.32 Å². The third kappa shape index (κ3) is 3.38. The maximum absolute atomic E-state index is 13.2. The Balaban J connectivity index is 2.33. The van der Waals surface area contributed by atoms with E-state index in [-0.39, 0.29) is 10.6 Å². The van der Waals surface area contributed by atoms with Crippen molar-refractivity contribution in [2.24, 2.45) is 0 Å². The van der Waals surface area contributed by atoms with E-state index in [0.29, 0.717) is 26.2 Å². The summed E-state index contributed by atoms with van der Waals surface area (Å²) in [6.07, 6.45) is -4.42. The molecule has 1 aromatic carbocycles. The van der Waals surface area contributed by atoms with E-state index in [2.05, 4.69) is 5.32 Å². The maximum atomic E-state index is 13.2. The van der Waals surface area contributed by atoms with Crippen molar-refractivity contribution in [3.05, 3.63) is 34.6 Å². The van der Waals surface area contributed by atoms with Gasteiger partial charge in [0.25, 0.3) is 0 Å². The van der Waals surface area contributed by atoms with Gasteiger partial charge in [0.2, 0.25) is 0 Å². The lowest BCUT2D eigenvalue weighted by Gasteiger charge is -2.36. The molecule has 19 heavy (non-hydrogen) atoms. The van der Waals surface area contributed by atoms with Gasteiger partial charge in [0.05, 0.1) is 5.02 Å². The van der Waals surface area contributed by atoms with E-state index < -0.39 is 18.0 Å². The molecule has 1 N–H and O–H groups in total. The number of hydrogen-bond donors (Lipinski definition) is 1. The number of halogens is 5. The molecule has 0 saturated carbocycles. The first-order valence-corrected chi connectivity index (χ1v) is 6.24. The van der Waals surface area contributed by atoms with E-state index in [1.54, 1.807) is 0 Å². The highest BCUT2D eigenvalue weighted by Gasteiger charge is 2.45. The minimum absolute atomic E-state index is 0.0270. The fraction of sp³-hybridized carbons (Fsp3) is 0.500. The highest BCUT2D eigenvalue weighted by atomic mass is 35.5. The van der Waals surface area contributed by atoms with Crippen LogP contribution in [-0.2, 0) is 0 Å². The van der Waals surface area contributed by atoms with E-state index in [1.807, 2.05) is 0 Å². The topological polar surface area (TPSA) is 15.3 Å². The standard InChI is InChI=1S/C12H13ClF4N2/c13-9-7-8(1-2-10(9)14)11(12(15,16)17)19-5-3-18-4-6-19/h1-2,7,11,18H,3-6H2/t11-/m0/s1. The molecular formula is C12H13ClF4N2. The molecule has 0 unspecified atom stereocenters. The second-order valence-electron chi connectivity index (χ2n) is 4.40.